The van der Waals surface area contributed by atoms with Crippen LogP contribution in [0.3, 0.4) is 0 Å². The van der Waals surface area contributed by atoms with Crippen molar-refractivity contribution in [2.45, 2.75) is 117 Å². The maximum atomic E-state index is 12.8. The summed E-state index contributed by atoms with van der Waals surface area (Å²) in [6, 6.07) is 0. The van der Waals surface area contributed by atoms with Crippen LogP contribution in [-0.2, 0) is 4.79 Å². The van der Waals surface area contributed by atoms with Gasteiger partial charge in [-0.15, -0.1) is 0 Å². The molecular formula is C30H48O6. The molecule has 6 heteroatoms. The van der Waals surface area contributed by atoms with Gasteiger partial charge in [0.25, 0.3) is 0 Å². The molecule has 5 rings (SSSR count). The van der Waals surface area contributed by atoms with Crippen LogP contribution in [0.1, 0.15) is 93.4 Å². The van der Waals surface area contributed by atoms with E-state index in [-0.39, 0.29) is 28.6 Å². The first-order valence-corrected chi connectivity index (χ1v) is 14.1. The number of carbonyl (C=O) groups is 1. The summed E-state index contributed by atoms with van der Waals surface area (Å²) in [4.78, 5) is 12.8. The van der Waals surface area contributed by atoms with Crippen molar-refractivity contribution in [2.75, 3.05) is 0 Å². The van der Waals surface area contributed by atoms with Gasteiger partial charge in [-0.3, -0.25) is 4.79 Å². The quantitative estimate of drug-likeness (QED) is 0.343. The van der Waals surface area contributed by atoms with Crippen LogP contribution in [0.15, 0.2) is 11.6 Å². The maximum Gasteiger partial charge on any atom is 0.310 e. The van der Waals surface area contributed by atoms with Crippen LogP contribution in [-0.4, -0.2) is 55.4 Å². The molecule has 0 aliphatic heterocycles. The molecule has 6 nitrogen and oxygen atoms in total. The molecule has 0 radical (unpaired) electrons. The minimum Gasteiger partial charge on any atom is -0.481 e. The lowest BCUT2D eigenvalue weighted by Gasteiger charge is -2.72. The highest BCUT2D eigenvalue weighted by Gasteiger charge is 2.73. The fourth-order valence-corrected chi connectivity index (χ4v) is 10.9. The molecule has 0 spiro atoms. The molecule has 36 heavy (non-hydrogen) atoms. The Labute approximate surface area is 216 Å². The van der Waals surface area contributed by atoms with Gasteiger partial charge in [0.05, 0.1) is 23.2 Å². The molecule has 5 aliphatic rings. The Kier molecular flexibility index (Phi) is 5.61. The van der Waals surface area contributed by atoms with Crippen molar-refractivity contribution < 1.29 is 30.3 Å². The first-order chi connectivity index (χ1) is 16.4. The van der Waals surface area contributed by atoms with Gasteiger partial charge >= 0.3 is 5.97 Å². The van der Waals surface area contributed by atoms with Crippen LogP contribution in [0.4, 0.5) is 0 Å². The second kappa shape index (κ2) is 7.58. The Balaban J connectivity index is 1.67. The van der Waals surface area contributed by atoms with E-state index in [0.717, 1.165) is 24.8 Å². The minimum atomic E-state index is -1.20. The number of hydrogen-bond acceptors (Lipinski definition) is 5. The van der Waals surface area contributed by atoms with E-state index in [1.54, 1.807) is 0 Å². The first-order valence-electron chi connectivity index (χ1n) is 14.1. The maximum absolute atomic E-state index is 12.8. The topological polar surface area (TPSA) is 118 Å². The van der Waals surface area contributed by atoms with Crippen molar-refractivity contribution >= 4 is 5.97 Å². The summed E-state index contributed by atoms with van der Waals surface area (Å²) in [7, 11) is 0. The van der Waals surface area contributed by atoms with Gasteiger partial charge in [0.2, 0.25) is 0 Å². The van der Waals surface area contributed by atoms with Crippen molar-refractivity contribution in [3.8, 4) is 0 Å². The molecule has 5 N–H and O–H groups in total. The van der Waals surface area contributed by atoms with E-state index < -0.39 is 52.0 Å². The molecule has 12 atom stereocenters. The first kappa shape index (κ1) is 26.6. The van der Waals surface area contributed by atoms with Crippen LogP contribution in [0.5, 0.6) is 0 Å². The van der Waals surface area contributed by atoms with Gasteiger partial charge in [0, 0.05) is 11.3 Å². The van der Waals surface area contributed by atoms with E-state index in [4.69, 9.17) is 0 Å². The van der Waals surface area contributed by atoms with E-state index >= 15 is 0 Å². The Hall–Kier alpha value is -0.950. The monoisotopic (exact) mass is 504 g/mol. The number of allylic oxidation sites excluding steroid dienone is 1. The van der Waals surface area contributed by atoms with Crippen molar-refractivity contribution in [3.63, 3.8) is 0 Å². The van der Waals surface area contributed by atoms with Gasteiger partial charge in [-0.25, -0.2) is 0 Å². The molecule has 5 aliphatic carbocycles. The van der Waals surface area contributed by atoms with E-state index in [9.17, 15) is 30.3 Å². The largest absolute Gasteiger partial charge is 0.481 e. The summed E-state index contributed by atoms with van der Waals surface area (Å²) in [5, 5.41) is 55.9. The molecule has 4 fully saturated rings. The molecular weight excluding hydrogens is 456 g/mol. The predicted molar refractivity (Wildman–Crippen MR) is 137 cm³/mol. The lowest BCUT2D eigenvalue weighted by atomic mass is 9.32. The van der Waals surface area contributed by atoms with E-state index in [0.29, 0.717) is 25.7 Å². The second-order valence-corrected chi connectivity index (χ2v) is 14.9. The van der Waals surface area contributed by atoms with Crippen LogP contribution >= 0.6 is 0 Å². The number of aliphatic hydroxyl groups excluding tert-OH is 3. The highest BCUT2D eigenvalue weighted by atomic mass is 16.4. The van der Waals surface area contributed by atoms with Crippen molar-refractivity contribution in [1.29, 1.82) is 0 Å². The number of fused-ring (bicyclic) bond motifs is 7. The van der Waals surface area contributed by atoms with Crippen molar-refractivity contribution in [1.82, 2.24) is 0 Å². The molecule has 0 heterocycles. The molecule has 4 saturated carbocycles. The summed E-state index contributed by atoms with van der Waals surface area (Å²) in [6.07, 6.45) is 4.02. The third-order valence-electron chi connectivity index (χ3n) is 13.6. The van der Waals surface area contributed by atoms with Crippen molar-refractivity contribution in [2.24, 2.45) is 50.7 Å². The summed E-state index contributed by atoms with van der Waals surface area (Å²) < 4.78 is 0. The molecule has 0 aromatic rings. The number of rotatable bonds is 1. The third kappa shape index (κ3) is 2.80. The van der Waals surface area contributed by atoms with Gasteiger partial charge in [0.1, 0.15) is 6.10 Å². The molecule has 1 unspecified atom stereocenters. The third-order valence-corrected chi connectivity index (χ3v) is 13.6. The highest BCUT2D eigenvalue weighted by Crippen LogP contribution is 2.76. The van der Waals surface area contributed by atoms with E-state index in [1.807, 2.05) is 27.7 Å². The Bertz CT molecular complexity index is 986. The Morgan fingerprint density at radius 1 is 0.889 bits per heavy atom. The number of aliphatic hydroxyl groups is 4. The number of carboxylic acids is 1. The Morgan fingerprint density at radius 2 is 1.53 bits per heavy atom. The van der Waals surface area contributed by atoms with Crippen molar-refractivity contribution in [3.05, 3.63) is 11.6 Å². The minimum absolute atomic E-state index is 0.00890. The second-order valence-electron chi connectivity index (χ2n) is 14.9. The van der Waals surface area contributed by atoms with Crippen LogP contribution in [0.25, 0.3) is 0 Å². The van der Waals surface area contributed by atoms with E-state index in [1.165, 1.54) is 0 Å². The molecule has 0 bridgehead atoms. The summed E-state index contributed by atoms with van der Waals surface area (Å²) >= 11 is 0. The molecule has 204 valence electrons. The fraction of sp³-hybridized carbons (Fsp3) is 0.900. The highest BCUT2D eigenvalue weighted by molar-refractivity contribution is 5.77. The standard InChI is InChI=1S/C30H48O6/c1-16-10-13-30(24(34)35)15-14-26(4)17(21(30)29(16,7)36)8-9-19-27(26,5)12-11-18-25(2,3)22(32)20(31)23(33)28(18,19)6/h8,16,18-23,31-33,36H,9-15H2,1-7H3,(H,34,35)/t16-,18?,19+,20+,21+,22-,23-,26-,27-,28+,29-,30+/m1/s1. The molecule has 0 aromatic carbocycles. The fourth-order valence-electron chi connectivity index (χ4n) is 10.9. The number of aliphatic carboxylic acids is 1. The zero-order chi connectivity index (χ0) is 26.9. The summed E-state index contributed by atoms with van der Waals surface area (Å²) in [5.74, 6) is -1.10. The number of carboxylic acid groups (broad SMARTS) is 1. The summed E-state index contributed by atoms with van der Waals surface area (Å²) in [5.41, 5.74) is -2.63. The predicted octanol–water partition coefficient (Wildman–Crippen LogP) is 4.15. The zero-order valence-electron chi connectivity index (χ0n) is 23.2. The van der Waals surface area contributed by atoms with E-state index in [2.05, 4.69) is 26.8 Å². The van der Waals surface area contributed by atoms with Crippen LogP contribution in [0.2, 0.25) is 0 Å². The zero-order valence-corrected chi connectivity index (χ0v) is 23.2. The average molecular weight is 505 g/mol. The van der Waals surface area contributed by atoms with Gasteiger partial charge in [-0.2, -0.15) is 0 Å². The SMILES string of the molecule is C[C@@H]1CC[C@]2(C(=O)O)CC[C@]3(C)C(=CC[C@@H]4[C@]5(C)C(CC[C@]43C)C(C)(C)[C@H](O)[C@H](O)[C@H]5O)[C@H]2[C@]1(C)O. The van der Waals surface area contributed by atoms with Gasteiger partial charge in [-0.1, -0.05) is 53.2 Å². The number of hydrogen-bond donors (Lipinski definition) is 5. The van der Waals surface area contributed by atoms with Crippen LogP contribution in [0, 0.1) is 50.7 Å². The summed E-state index contributed by atoms with van der Waals surface area (Å²) in [6.45, 7) is 14.7. The molecule has 0 amide bonds. The lowest BCUT2D eigenvalue weighted by Crippen LogP contribution is -2.72. The lowest BCUT2D eigenvalue weighted by molar-refractivity contribution is -0.279. The van der Waals surface area contributed by atoms with Crippen LogP contribution < -0.4 is 0 Å². The van der Waals surface area contributed by atoms with Gasteiger partial charge in [-0.05, 0) is 85.9 Å². The van der Waals surface area contributed by atoms with Gasteiger partial charge in [0.15, 0.2) is 0 Å². The smallest absolute Gasteiger partial charge is 0.310 e. The molecule has 0 saturated heterocycles. The molecule has 0 aromatic heterocycles. The average Bonchev–Trinajstić information content (AvgIpc) is 2.79. The normalized spacial score (nSPS) is 58.0. The van der Waals surface area contributed by atoms with Gasteiger partial charge < -0.3 is 25.5 Å². The Morgan fingerprint density at radius 3 is 2.14 bits per heavy atom.